The van der Waals surface area contributed by atoms with Crippen molar-refractivity contribution in [2.24, 2.45) is 5.41 Å². The Morgan fingerprint density at radius 3 is 2.83 bits per heavy atom. The molecule has 1 aliphatic carbocycles. The van der Waals surface area contributed by atoms with E-state index in [-0.39, 0.29) is 0 Å². The fourth-order valence-electron chi connectivity index (χ4n) is 3.71. The van der Waals surface area contributed by atoms with Gasteiger partial charge in [0.2, 0.25) is 0 Å². The summed E-state index contributed by atoms with van der Waals surface area (Å²) >= 11 is 3.62. The van der Waals surface area contributed by atoms with Crippen molar-refractivity contribution in [2.45, 2.75) is 32.2 Å². The zero-order chi connectivity index (χ0) is 12.2. The van der Waals surface area contributed by atoms with Gasteiger partial charge in [0.15, 0.2) is 0 Å². The summed E-state index contributed by atoms with van der Waals surface area (Å²) in [6, 6.07) is 4.44. The minimum atomic E-state index is 0.718. The van der Waals surface area contributed by atoms with Crippen molar-refractivity contribution in [1.82, 2.24) is 4.90 Å². The molecule has 0 unspecified atom stereocenters. The molecule has 0 aromatic heterocycles. The van der Waals surface area contributed by atoms with Gasteiger partial charge in [-0.2, -0.15) is 0 Å². The highest BCUT2D eigenvalue weighted by atomic mass is 79.9. The van der Waals surface area contributed by atoms with E-state index < -0.39 is 0 Å². The first-order valence-electron chi connectivity index (χ1n) is 6.91. The van der Waals surface area contributed by atoms with Crippen LogP contribution in [0.2, 0.25) is 0 Å². The first-order chi connectivity index (χ1) is 8.74. The molecule has 2 aliphatic heterocycles. The number of likely N-dealkylation sites (tertiary alicyclic amines) is 1. The zero-order valence-electron chi connectivity index (χ0n) is 10.5. The van der Waals surface area contributed by atoms with Crippen molar-refractivity contribution in [3.05, 3.63) is 27.7 Å². The summed E-state index contributed by atoms with van der Waals surface area (Å²) < 4.78 is 6.99. The molecule has 1 spiro atoms. The third-order valence-corrected chi connectivity index (χ3v) is 5.21. The molecular formula is C15H18BrNO. The molecule has 4 rings (SSSR count). The second kappa shape index (κ2) is 3.97. The molecule has 3 aliphatic rings. The van der Waals surface area contributed by atoms with Crippen molar-refractivity contribution >= 4 is 15.9 Å². The lowest BCUT2D eigenvalue weighted by molar-refractivity contribution is -0.0647. The number of nitrogens with zero attached hydrogens (tertiary/aromatic N) is 1. The van der Waals surface area contributed by atoms with Gasteiger partial charge >= 0.3 is 0 Å². The summed E-state index contributed by atoms with van der Waals surface area (Å²) in [4.78, 5) is 2.57. The number of hydrogen-bond acceptors (Lipinski definition) is 2. The first-order valence-corrected chi connectivity index (χ1v) is 7.70. The van der Waals surface area contributed by atoms with E-state index in [1.807, 2.05) is 0 Å². The average molecular weight is 308 g/mol. The van der Waals surface area contributed by atoms with Crippen LogP contribution in [0.4, 0.5) is 0 Å². The summed E-state index contributed by atoms with van der Waals surface area (Å²) in [7, 11) is 0. The predicted molar refractivity (Wildman–Crippen MR) is 74.9 cm³/mol. The van der Waals surface area contributed by atoms with E-state index in [0.717, 1.165) is 30.7 Å². The van der Waals surface area contributed by atoms with Gasteiger partial charge < -0.3 is 4.74 Å². The van der Waals surface area contributed by atoms with E-state index >= 15 is 0 Å². The fourth-order valence-corrected chi connectivity index (χ4v) is 4.26. The molecule has 0 atom stereocenters. The quantitative estimate of drug-likeness (QED) is 0.830. The Morgan fingerprint density at radius 2 is 2.11 bits per heavy atom. The molecule has 0 bridgehead atoms. The Balaban J connectivity index is 1.52. The molecule has 0 radical (unpaired) electrons. The SMILES string of the molecule is Brc1cc2c(c(CN3CC4(CCC4)C3)c1)OCC2. The molecule has 3 heteroatoms. The van der Waals surface area contributed by atoms with Gasteiger partial charge in [-0.1, -0.05) is 22.4 Å². The minimum absolute atomic E-state index is 0.718. The van der Waals surface area contributed by atoms with Gasteiger partial charge in [0, 0.05) is 36.1 Å². The van der Waals surface area contributed by atoms with Crippen LogP contribution in [0.1, 0.15) is 30.4 Å². The number of halogens is 1. The Morgan fingerprint density at radius 1 is 1.28 bits per heavy atom. The normalized spacial score (nSPS) is 24.3. The van der Waals surface area contributed by atoms with Crippen LogP contribution < -0.4 is 4.74 Å². The molecule has 1 aromatic rings. The van der Waals surface area contributed by atoms with Crippen molar-refractivity contribution < 1.29 is 4.74 Å². The van der Waals surface area contributed by atoms with Crippen LogP contribution in [-0.4, -0.2) is 24.6 Å². The van der Waals surface area contributed by atoms with Crippen molar-refractivity contribution in [3.8, 4) is 5.75 Å². The Labute approximate surface area is 116 Å². The summed E-state index contributed by atoms with van der Waals surface area (Å²) in [6.07, 6.45) is 5.42. The third-order valence-electron chi connectivity index (χ3n) is 4.75. The van der Waals surface area contributed by atoms with Gasteiger partial charge in [0.25, 0.3) is 0 Å². The minimum Gasteiger partial charge on any atom is -0.493 e. The monoisotopic (exact) mass is 307 g/mol. The maximum Gasteiger partial charge on any atom is 0.127 e. The highest BCUT2D eigenvalue weighted by Crippen LogP contribution is 2.49. The Kier molecular flexibility index (Phi) is 2.50. The second-order valence-electron chi connectivity index (χ2n) is 6.15. The smallest absolute Gasteiger partial charge is 0.127 e. The van der Waals surface area contributed by atoms with Gasteiger partial charge in [-0.25, -0.2) is 0 Å². The number of rotatable bonds is 2. The molecule has 2 nitrogen and oxygen atoms in total. The lowest BCUT2D eigenvalue weighted by atomic mass is 9.63. The third kappa shape index (κ3) is 1.71. The summed E-state index contributed by atoms with van der Waals surface area (Å²) in [5, 5.41) is 0. The van der Waals surface area contributed by atoms with Crippen LogP contribution in [0.5, 0.6) is 5.75 Å². The largest absolute Gasteiger partial charge is 0.493 e. The van der Waals surface area contributed by atoms with E-state index in [4.69, 9.17) is 4.74 Å². The van der Waals surface area contributed by atoms with Crippen molar-refractivity contribution in [3.63, 3.8) is 0 Å². The molecule has 18 heavy (non-hydrogen) atoms. The molecule has 1 saturated carbocycles. The number of ether oxygens (including phenoxy) is 1. The van der Waals surface area contributed by atoms with Crippen LogP contribution in [0.15, 0.2) is 16.6 Å². The lowest BCUT2D eigenvalue weighted by Gasteiger charge is -2.56. The standard InChI is InChI=1S/C15H18BrNO/c16-13-6-11-2-5-18-14(11)12(7-13)8-17-9-15(10-17)3-1-4-15/h6-7H,1-5,8-10H2. The Bertz CT molecular complexity index is 488. The van der Waals surface area contributed by atoms with E-state index in [1.165, 1.54) is 48.0 Å². The van der Waals surface area contributed by atoms with E-state index in [9.17, 15) is 0 Å². The molecule has 0 amide bonds. The second-order valence-corrected chi connectivity index (χ2v) is 7.07. The van der Waals surface area contributed by atoms with Crippen LogP contribution in [-0.2, 0) is 13.0 Å². The highest BCUT2D eigenvalue weighted by Gasteiger charge is 2.47. The number of benzene rings is 1. The fraction of sp³-hybridized carbons (Fsp3) is 0.600. The summed E-state index contributed by atoms with van der Waals surface area (Å²) in [5.41, 5.74) is 3.46. The van der Waals surface area contributed by atoms with Gasteiger partial charge in [-0.15, -0.1) is 0 Å². The molecule has 96 valence electrons. The molecule has 2 heterocycles. The predicted octanol–water partition coefficient (Wildman–Crippen LogP) is 3.37. The number of fused-ring (bicyclic) bond motifs is 1. The maximum atomic E-state index is 5.80. The Hall–Kier alpha value is -0.540. The van der Waals surface area contributed by atoms with Crippen LogP contribution >= 0.6 is 15.9 Å². The lowest BCUT2D eigenvalue weighted by Crippen LogP contribution is -2.58. The average Bonchev–Trinajstić information content (AvgIpc) is 2.67. The first kappa shape index (κ1) is 11.3. The van der Waals surface area contributed by atoms with Gasteiger partial charge in [0.05, 0.1) is 6.61 Å². The van der Waals surface area contributed by atoms with Crippen LogP contribution in [0, 0.1) is 5.41 Å². The van der Waals surface area contributed by atoms with E-state index in [2.05, 4.69) is 33.0 Å². The van der Waals surface area contributed by atoms with Gasteiger partial charge in [-0.05, 0) is 36.0 Å². The molecule has 1 aromatic carbocycles. The number of hydrogen-bond donors (Lipinski definition) is 0. The van der Waals surface area contributed by atoms with Crippen molar-refractivity contribution in [2.75, 3.05) is 19.7 Å². The van der Waals surface area contributed by atoms with E-state index in [0.29, 0.717) is 0 Å². The van der Waals surface area contributed by atoms with E-state index in [1.54, 1.807) is 0 Å². The highest BCUT2D eigenvalue weighted by molar-refractivity contribution is 9.10. The topological polar surface area (TPSA) is 12.5 Å². The maximum absolute atomic E-state index is 5.80. The summed E-state index contributed by atoms with van der Waals surface area (Å²) in [5.74, 6) is 1.16. The van der Waals surface area contributed by atoms with Crippen LogP contribution in [0.25, 0.3) is 0 Å². The molecule has 1 saturated heterocycles. The van der Waals surface area contributed by atoms with Gasteiger partial charge in [0.1, 0.15) is 5.75 Å². The zero-order valence-corrected chi connectivity index (χ0v) is 12.1. The molecule has 0 N–H and O–H groups in total. The molecular weight excluding hydrogens is 290 g/mol. The van der Waals surface area contributed by atoms with Crippen LogP contribution in [0.3, 0.4) is 0 Å². The molecule has 2 fully saturated rings. The van der Waals surface area contributed by atoms with Crippen molar-refractivity contribution in [1.29, 1.82) is 0 Å². The van der Waals surface area contributed by atoms with Gasteiger partial charge in [-0.3, -0.25) is 4.90 Å². The summed E-state index contributed by atoms with van der Waals surface area (Å²) in [6.45, 7) is 4.51.